The molecule has 37 heavy (non-hydrogen) atoms. The van der Waals surface area contributed by atoms with E-state index in [1.54, 1.807) is 66.9 Å². The van der Waals surface area contributed by atoms with E-state index in [2.05, 4.69) is 14.7 Å². The van der Waals surface area contributed by atoms with Crippen LogP contribution in [-0.2, 0) is 15.8 Å². The highest BCUT2D eigenvalue weighted by Gasteiger charge is 2.26. The second-order valence-electron chi connectivity index (χ2n) is 8.29. The Morgan fingerprint density at radius 3 is 2.43 bits per heavy atom. The molecular weight excluding hydrogens is 520 g/mol. The molecule has 2 N–H and O–H groups in total. The Balaban J connectivity index is 1.50. The Hall–Kier alpha value is -4.08. The molecule has 0 saturated carbocycles. The fourth-order valence-electron chi connectivity index (χ4n) is 3.96. The maximum Gasteiger partial charge on any atom is 0.237 e. The molecule has 6 nitrogen and oxygen atoms in total. The summed E-state index contributed by atoms with van der Waals surface area (Å²) in [5.74, 6) is -3.81. The number of nitrogens with one attached hydrogen (secondary N) is 2. The van der Waals surface area contributed by atoms with Crippen molar-refractivity contribution in [1.82, 2.24) is 9.97 Å². The van der Waals surface area contributed by atoms with Crippen molar-refractivity contribution in [1.29, 1.82) is 0 Å². The molecule has 0 fully saturated rings. The van der Waals surface area contributed by atoms with Gasteiger partial charge in [0.2, 0.25) is 15.8 Å². The summed E-state index contributed by atoms with van der Waals surface area (Å²) in [6, 6.07) is 18.8. The zero-order valence-electron chi connectivity index (χ0n) is 19.0. The lowest BCUT2D eigenvalue weighted by molar-refractivity contribution is 0.103. The SMILES string of the molecule is O=C(c1c(F)ccc(NS(=O)(=O)Cc2ccccc2)c1F)c1c[nH]c2ncc(-c3ccc(Cl)cc3)cc12. The van der Waals surface area contributed by atoms with Crippen molar-refractivity contribution in [3.8, 4) is 11.1 Å². The van der Waals surface area contributed by atoms with E-state index in [4.69, 9.17) is 11.6 Å². The second-order valence-corrected chi connectivity index (χ2v) is 10.4. The van der Waals surface area contributed by atoms with Crippen LogP contribution in [0.25, 0.3) is 22.2 Å². The number of carbonyl (C=O) groups is 1. The van der Waals surface area contributed by atoms with Crippen LogP contribution in [0.5, 0.6) is 0 Å². The molecule has 186 valence electrons. The number of H-pyrrole nitrogens is 1. The van der Waals surface area contributed by atoms with E-state index >= 15 is 4.39 Å². The van der Waals surface area contributed by atoms with Crippen LogP contribution < -0.4 is 4.72 Å². The number of anilines is 1. The lowest BCUT2D eigenvalue weighted by Crippen LogP contribution is -2.18. The number of fused-ring (bicyclic) bond motifs is 1. The number of pyridine rings is 1. The molecule has 0 aliphatic rings. The number of hydrogen-bond acceptors (Lipinski definition) is 4. The van der Waals surface area contributed by atoms with Crippen LogP contribution in [0.4, 0.5) is 14.5 Å². The van der Waals surface area contributed by atoms with Gasteiger partial charge in [0, 0.05) is 33.9 Å². The van der Waals surface area contributed by atoms with Crippen molar-refractivity contribution in [2.45, 2.75) is 5.75 Å². The van der Waals surface area contributed by atoms with Crippen LogP contribution in [0.1, 0.15) is 21.5 Å². The van der Waals surface area contributed by atoms with Gasteiger partial charge in [0.25, 0.3) is 0 Å². The van der Waals surface area contributed by atoms with E-state index in [1.807, 2.05) is 0 Å². The van der Waals surface area contributed by atoms with Gasteiger partial charge in [0.05, 0.1) is 17.0 Å². The normalized spacial score (nSPS) is 11.5. The van der Waals surface area contributed by atoms with E-state index in [0.29, 0.717) is 27.2 Å². The molecule has 0 aliphatic carbocycles. The predicted molar refractivity (Wildman–Crippen MR) is 139 cm³/mol. The van der Waals surface area contributed by atoms with Gasteiger partial charge in [-0.2, -0.15) is 0 Å². The molecule has 0 unspecified atom stereocenters. The third-order valence-electron chi connectivity index (χ3n) is 5.74. The Labute approximate surface area is 216 Å². The molecule has 2 heterocycles. The largest absolute Gasteiger partial charge is 0.345 e. The predicted octanol–water partition coefficient (Wildman–Crippen LogP) is 6.33. The first-order valence-corrected chi connectivity index (χ1v) is 13.0. The standard InChI is InChI=1S/C27H18ClF2N3O3S/c28-19-8-6-17(7-9-19)18-12-20-21(14-32-27(20)31-13-18)26(34)24-22(29)10-11-23(25(24)30)33-37(35,36)15-16-4-2-1-3-5-16/h1-14,33H,15H2,(H,31,32). The van der Waals surface area contributed by atoms with Crippen molar-refractivity contribution < 1.29 is 22.0 Å². The van der Waals surface area contributed by atoms with E-state index in [9.17, 15) is 17.6 Å². The summed E-state index contributed by atoms with van der Waals surface area (Å²) in [6.45, 7) is 0. The van der Waals surface area contributed by atoms with Gasteiger partial charge in [-0.05, 0) is 41.5 Å². The molecule has 3 aromatic carbocycles. The number of aromatic nitrogens is 2. The monoisotopic (exact) mass is 537 g/mol. The van der Waals surface area contributed by atoms with Gasteiger partial charge in [0.1, 0.15) is 11.5 Å². The number of nitrogens with zero attached hydrogens (tertiary/aromatic N) is 1. The summed E-state index contributed by atoms with van der Waals surface area (Å²) in [5.41, 5.74) is 0.864. The Bertz CT molecular complexity index is 1740. The number of aromatic amines is 1. The molecule has 0 saturated heterocycles. The molecule has 10 heteroatoms. The number of rotatable bonds is 7. The number of carbonyl (C=O) groups excluding carboxylic acids is 1. The minimum atomic E-state index is -4.04. The van der Waals surface area contributed by atoms with Gasteiger partial charge in [-0.1, -0.05) is 54.1 Å². The second kappa shape index (κ2) is 9.76. The molecule has 0 bridgehead atoms. The average molecular weight is 538 g/mol. The maximum absolute atomic E-state index is 15.4. The summed E-state index contributed by atoms with van der Waals surface area (Å²) in [6.07, 6.45) is 2.91. The van der Waals surface area contributed by atoms with Crippen LogP contribution in [-0.4, -0.2) is 24.2 Å². The van der Waals surface area contributed by atoms with Crippen molar-refractivity contribution in [2.24, 2.45) is 0 Å². The average Bonchev–Trinajstić information content (AvgIpc) is 3.30. The zero-order chi connectivity index (χ0) is 26.2. The van der Waals surface area contributed by atoms with Crippen molar-refractivity contribution >= 4 is 44.1 Å². The van der Waals surface area contributed by atoms with E-state index in [-0.39, 0.29) is 5.56 Å². The minimum absolute atomic E-state index is 0.0135. The van der Waals surface area contributed by atoms with Crippen LogP contribution in [0.3, 0.4) is 0 Å². The molecule has 0 amide bonds. The summed E-state index contributed by atoms with van der Waals surface area (Å²) < 4.78 is 57.5. The molecule has 5 rings (SSSR count). The third-order valence-corrected chi connectivity index (χ3v) is 7.23. The summed E-state index contributed by atoms with van der Waals surface area (Å²) in [7, 11) is -4.04. The fourth-order valence-corrected chi connectivity index (χ4v) is 5.28. The molecule has 2 aromatic heterocycles. The highest BCUT2D eigenvalue weighted by Crippen LogP contribution is 2.30. The lowest BCUT2D eigenvalue weighted by Gasteiger charge is -2.12. The van der Waals surface area contributed by atoms with Gasteiger partial charge in [-0.25, -0.2) is 22.2 Å². The van der Waals surface area contributed by atoms with Crippen LogP contribution in [0, 0.1) is 11.6 Å². The number of benzene rings is 3. The topological polar surface area (TPSA) is 91.9 Å². The third kappa shape index (κ3) is 5.09. The van der Waals surface area contributed by atoms with E-state index < -0.39 is 44.4 Å². The van der Waals surface area contributed by atoms with Crippen LogP contribution in [0.15, 0.2) is 85.2 Å². The van der Waals surface area contributed by atoms with Crippen LogP contribution in [0.2, 0.25) is 5.02 Å². The van der Waals surface area contributed by atoms with Gasteiger partial charge in [-0.3, -0.25) is 9.52 Å². The summed E-state index contributed by atoms with van der Waals surface area (Å²) >= 11 is 5.96. The van der Waals surface area contributed by atoms with Gasteiger partial charge in [0.15, 0.2) is 5.82 Å². The van der Waals surface area contributed by atoms with Gasteiger partial charge >= 0.3 is 0 Å². The van der Waals surface area contributed by atoms with Gasteiger partial charge in [-0.15, -0.1) is 0 Å². The number of ketones is 1. The number of sulfonamides is 1. The molecule has 0 radical (unpaired) electrons. The van der Waals surface area contributed by atoms with Crippen molar-refractivity contribution in [3.63, 3.8) is 0 Å². The highest BCUT2D eigenvalue weighted by atomic mass is 35.5. The van der Waals surface area contributed by atoms with Crippen LogP contribution >= 0.6 is 11.6 Å². The molecule has 5 aromatic rings. The van der Waals surface area contributed by atoms with Crippen molar-refractivity contribution in [2.75, 3.05) is 4.72 Å². The Morgan fingerprint density at radius 1 is 0.973 bits per heavy atom. The van der Waals surface area contributed by atoms with Crippen molar-refractivity contribution in [3.05, 3.63) is 119 Å². The number of halogens is 3. The smallest absolute Gasteiger partial charge is 0.237 e. The lowest BCUT2D eigenvalue weighted by atomic mass is 10.00. The van der Waals surface area contributed by atoms with Gasteiger partial charge < -0.3 is 4.98 Å². The summed E-state index contributed by atoms with van der Waals surface area (Å²) in [4.78, 5) is 20.5. The molecular formula is C27H18ClF2N3O3S. The Kier molecular flexibility index (Phi) is 6.49. The van der Waals surface area contributed by atoms with E-state index in [1.165, 1.54) is 6.20 Å². The highest BCUT2D eigenvalue weighted by molar-refractivity contribution is 7.91. The minimum Gasteiger partial charge on any atom is -0.345 e. The molecule has 0 atom stereocenters. The quantitative estimate of drug-likeness (QED) is 0.237. The first-order chi connectivity index (χ1) is 17.7. The zero-order valence-corrected chi connectivity index (χ0v) is 20.6. The first kappa shape index (κ1) is 24.6. The Morgan fingerprint density at radius 2 is 1.70 bits per heavy atom. The molecule has 0 aliphatic heterocycles. The molecule has 0 spiro atoms. The maximum atomic E-state index is 15.4. The first-order valence-electron chi connectivity index (χ1n) is 11.0. The fraction of sp³-hybridized carbons (Fsp3) is 0.0370. The van der Waals surface area contributed by atoms with E-state index in [0.717, 1.165) is 17.7 Å². The number of hydrogen-bond donors (Lipinski definition) is 2. The summed E-state index contributed by atoms with van der Waals surface area (Å²) in [5, 5.41) is 0.909.